The predicted octanol–water partition coefficient (Wildman–Crippen LogP) is 3.77. The lowest BCUT2D eigenvalue weighted by Gasteiger charge is -2.09. The average Bonchev–Trinajstić information content (AvgIpc) is 2.46. The van der Waals surface area contributed by atoms with Crippen LogP contribution in [0.4, 0.5) is 0 Å². The summed E-state index contributed by atoms with van der Waals surface area (Å²) < 4.78 is 10.5. The lowest BCUT2D eigenvalue weighted by molar-refractivity contribution is 0.394. The zero-order valence-corrected chi connectivity index (χ0v) is 12.6. The lowest BCUT2D eigenvalue weighted by Crippen LogP contribution is -1.97. The van der Waals surface area contributed by atoms with Gasteiger partial charge in [-0.3, -0.25) is 0 Å². The van der Waals surface area contributed by atoms with Gasteiger partial charge in [0.05, 0.1) is 14.2 Å². The topological polar surface area (TPSA) is 44.2 Å². The van der Waals surface area contributed by atoms with Crippen molar-refractivity contribution in [3.8, 4) is 22.9 Å². The first-order valence-electron chi connectivity index (χ1n) is 6.43. The predicted molar refractivity (Wildman–Crippen MR) is 79.6 cm³/mol. The van der Waals surface area contributed by atoms with E-state index >= 15 is 0 Å². The van der Waals surface area contributed by atoms with Crippen molar-refractivity contribution in [1.29, 1.82) is 0 Å². The van der Waals surface area contributed by atoms with Crippen molar-refractivity contribution in [3.05, 3.63) is 35.1 Å². The molecule has 2 rings (SSSR count). The van der Waals surface area contributed by atoms with Gasteiger partial charge in [-0.25, -0.2) is 9.97 Å². The minimum absolute atomic E-state index is 0.445. The van der Waals surface area contributed by atoms with Gasteiger partial charge >= 0.3 is 0 Å². The fraction of sp³-hybridized carbons (Fsp3) is 0.333. The third-order valence-electron chi connectivity index (χ3n) is 2.86. The van der Waals surface area contributed by atoms with Crippen LogP contribution >= 0.6 is 11.6 Å². The molecule has 0 unspecified atom stereocenters. The van der Waals surface area contributed by atoms with E-state index in [4.69, 9.17) is 21.1 Å². The second kappa shape index (κ2) is 6.57. The Labute approximate surface area is 123 Å². The minimum atomic E-state index is 0.445. The Kier molecular flexibility index (Phi) is 4.79. The van der Waals surface area contributed by atoms with Crippen molar-refractivity contribution >= 4 is 11.6 Å². The normalized spacial score (nSPS) is 10.4. The Morgan fingerprint density at radius 3 is 2.20 bits per heavy atom. The summed E-state index contributed by atoms with van der Waals surface area (Å²) in [5.41, 5.74) is 1.75. The van der Waals surface area contributed by atoms with E-state index in [0.717, 1.165) is 24.1 Å². The van der Waals surface area contributed by atoms with E-state index in [2.05, 4.69) is 16.9 Å². The number of halogens is 1. The minimum Gasteiger partial charge on any atom is -0.497 e. The molecule has 0 aliphatic heterocycles. The molecule has 2 aromatic rings. The molecule has 5 heteroatoms. The van der Waals surface area contributed by atoms with Crippen LogP contribution < -0.4 is 9.47 Å². The molecule has 0 saturated carbocycles. The molecule has 0 saturated heterocycles. The smallest absolute Gasteiger partial charge is 0.161 e. The molecule has 20 heavy (non-hydrogen) atoms. The first-order valence-corrected chi connectivity index (χ1v) is 6.81. The highest BCUT2D eigenvalue weighted by molar-refractivity contribution is 6.29. The zero-order valence-electron chi connectivity index (χ0n) is 11.8. The fourth-order valence-corrected chi connectivity index (χ4v) is 2.12. The van der Waals surface area contributed by atoms with Gasteiger partial charge in [0.2, 0.25) is 0 Å². The van der Waals surface area contributed by atoms with Gasteiger partial charge in [-0.1, -0.05) is 24.9 Å². The molecule has 0 aliphatic carbocycles. The van der Waals surface area contributed by atoms with Crippen LogP contribution in [0.2, 0.25) is 5.15 Å². The first-order chi connectivity index (χ1) is 9.66. The quantitative estimate of drug-likeness (QED) is 0.787. The molecule has 0 radical (unpaired) electrons. The zero-order chi connectivity index (χ0) is 14.5. The number of nitrogens with zero attached hydrogens (tertiary/aromatic N) is 2. The molecule has 0 atom stereocenters. The van der Waals surface area contributed by atoms with Crippen molar-refractivity contribution in [3.63, 3.8) is 0 Å². The number of benzene rings is 1. The molecule has 1 heterocycles. The van der Waals surface area contributed by atoms with Crippen LogP contribution in [-0.2, 0) is 6.42 Å². The number of methoxy groups -OCH3 is 2. The molecule has 0 bridgehead atoms. The highest BCUT2D eigenvalue weighted by Crippen LogP contribution is 2.28. The monoisotopic (exact) mass is 292 g/mol. The fourth-order valence-electron chi connectivity index (χ4n) is 1.91. The second-order valence-electron chi connectivity index (χ2n) is 4.36. The highest BCUT2D eigenvalue weighted by Gasteiger charge is 2.09. The maximum absolute atomic E-state index is 6.07. The molecule has 1 aromatic carbocycles. The van der Waals surface area contributed by atoms with Gasteiger partial charge in [0, 0.05) is 17.3 Å². The summed E-state index contributed by atoms with van der Waals surface area (Å²) >= 11 is 6.07. The summed E-state index contributed by atoms with van der Waals surface area (Å²) in [6, 6.07) is 7.33. The average molecular weight is 293 g/mol. The second-order valence-corrected chi connectivity index (χ2v) is 4.74. The van der Waals surface area contributed by atoms with Crippen LogP contribution in [0, 0.1) is 0 Å². The molecule has 0 N–H and O–H groups in total. The third kappa shape index (κ3) is 3.39. The van der Waals surface area contributed by atoms with Crippen LogP contribution in [0.1, 0.15) is 19.0 Å². The third-order valence-corrected chi connectivity index (χ3v) is 3.06. The van der Waals surface area contributed by atoms with Crippen molar-refractivity contribution < 1.29 is 9.47 Å². The maximum Gasteiger partial charge on any atom is 0.161 e. The van der Waals surface area contributed by atoms with Crippen molar-refractivity contribution in [2.45, 2.75) is 19.8 Å². The number of aromatic nitrogens is 2. The number of aryl methyl sites for hydroxylation is 1. The Morgan fingerprint density at radius 1 is 1.00 bits per heavy atom. The molecule has 0 amide bonds. The van der Waals surface area contributed by atoms with Gasteiger partial charge in [-0.15, -0.1) is 0 Å². The first kappa shape index (κ1) is 14.6. The largest absolute Gasteiger partial charge is 0.497 e. The summed E-state index contributed by atoms with van der Waals surface area (Å²) in [5.74, 6) is 1.97. The van der Waals surface area contributed by atoms with E-state index in [1.165, 1.54) is 0 Å². The number of rotatable bonds is 5. The summed E-state index contributed by atoms with van der Waals surface area (Å²) in [6.07, 6.45) is 1.88. The lowest BCUT2D eigenvalue weighted by atomic mass is 10.1. The van der Waals surface area contributed by atoms with Gasteiger partial charge in [0.1, 0.15) is 16.7 Å². The van der Waals surface area contributed by atoms with Crippen LogP contribution in [0.5, 0.6) is 11.5 Å². The van der Waals surface area contributed by atoms with Crippen molar-refractivity contribution in [2.24, 2.45) is 0 Å². The molecule has 0 spiro atoms. The van der Waals surface area contributed by atoms with E-state index in [1.807, 2.05) is 12.1 Å². The summed E-state index contributed by atoms with van der Waals surface area (Å²) in [4.78, 5) is 8.82. The van der Waals surface area contributed by atoms with Gasteiger partial charge in [0.15, 0.2) is 5.82 Å². The van der Waals surface area contributed by atoms with E-state index in [1.54, 1.807) is 26.4 Å². The van der Waals surface area contributed by atoms with E-state index < -0.39 is 0 Å². The summed E-state index contributed by atoms with van der Waals surface area (Å²) in [6.45, 7) is 2.10. The Bertz CT molecular complexity index is 580. The molecule has 106 valence electrons. The van der Waals surface area contributed by atoms with Crippen LogP contribution in [0.3, 0.4) is 0 Å². The van der Waals surface area contributed by atoms with Gasteiger partial charge in [-0.05, 0) is 24.6 Å². The van der Waals surface area contributed by atoms with Crippen LogP contribution in [-0.4, -0.2) is 24.2 Å². The number of ether oxygens (including phenoxy) is 2. The van der Waals surface area contributed by atoms with E-state index in [9.17, 15) is 0 Å². The van der Waals surface area contributed by atoms with Gasteiger partial charge < -0.3 is 9.47 Å². The number of hydrogen-bond acceptors (Lipinski definition) is 4. The molecule has 4 nitrogen and oxygen atoms in total. The van der Waals surface area contributed by atoms with Crippen molar-refractivity contribution in [1.82, 2.24) is 9.97 Å². The Morgan fingerprint density at radius 2 is 1.65 bits per heavy atom. The molecular weight excluding hydrogens is 276 g/mol. The molecule has 1 aromatic heterocycles. The molecule has 0 aliphatic rings. The summed E-state index contributed by atoms with van der Waals surface area (Å²) in [5, 5.41) is 0.445. The maximum atomic E-state index is 6.07. The van der Waals surface area contributed by atoms with Gasteiger partial charge in [0.25, 0.3) is 0 Å². The highest BCUT2D eigenvalue weighted by atomic mass is 35.5. The van der Waals surface area contributed by atoms with E-state index in [-0.39, 0.29) is 0 Å². The SMILES string of the molecule is CCCc1cc(Cl)nc(-c2cc(OC)cc(OC)c2)n1. The Balaban J connectivity index is 2.49. The van der Waals surface area contributed by atoms with Crippen LogP contribution in [0.15, 0.2) is 24.3 Å². The van der Waals surface area contributed by atoms with Crippen LogP contribution in [0.25, 0.3) is 11.4 Å². The molecular formula is C15H17ClN2O2. The standard InChI is InChI=1S/C15H17ClN2O2/c1-4-5-11-8-14(16)18-15(17-11)10-6-12(19-2)9-13(7-10)20-3/h6-9H,4-5H2,1-3H3. The number of hydrogen-bond donors (Lipinski definition) is 0. The molecule has 0 fully saturated rings. The van der Waals surface area contributed by atoms with E-state index in [0.29, 0.717) is 22.5 Å². The summed E-state index contributed by atoms with van der Waals surface area (Å²) in [7, 11) is 3.22. The van der Waals surface area contributed by atoms with Gasteiger partial charge in [-0.2, -0.15) is 0 Å². The Hall–Kier alpha value is -1.81. The van der Waals surface area contributed by atoms with Crippen molar-refractivity contribution in [2.75, 3.05) is 14.2 Å².